The van der Waals surface area contributed by atoms with Crippen LogP contribution in [-0.2, 0) is 19.0 Å². The second kappa shape index (κ2) is 8.74. The molecule has 1 saturated carbocycles. The summed E-state index contributed by atoms with van der Waals surface area (Å²) in [5.74, 6) is 0.987. The first-order chi connectivity index (χ1) is 11.6. The van der Waals surface area contributed by atoms with E-state index in [9.17, 15) is 0 Å². The third kappa shape index (κ3) is 4.77. The monoisotopic (exact) mass is 452 g/mol. The maximum absolute atomic E-state index is 4.96. The van der Waals surface area contributed by atoms with Crippen molar-refractivity contribution in [1.82, 2.24) is 14.8 Å². The smallest absolute Gasteiger partial charge is 0.194 e. The molecule has 0 aliphatic heterocycles. The average Bonchev–Trinajstić information content (AvgIpc) is 3.29. The van der Waals surface area contributed by atoms with Gasteiger partial charge in [-0.15, -0.1) is 24.0 Å². The molecule has 4 nitrogen and oxygen atoms in total. The van der Waals surface area contributed by atoms with Crippen LogP contribution in [0.4, 0.5) is 0 Å². The van der Waals surface area contributed by atoms with Crippen LogP contribution in [-0.4, -0.2) is 35.6 Å². The summed E-state index contributed by atoms with van der Waals surface area (Å²) in [4.78, 5) is 7.16. The van der Waals surface area contributed by atoms with Gasteiger partial charge in [-0.1, -0.05) is 30.3 Å². The molecule has 1 fully saturated rings. The van der Waals surface area contributed by atoms with Crippen LogP contribution in [0.5, 0.6) is 0 Å². The molecular weight excluding hydrogens is 423 g/mol. The van der Waals surface area contributed by atoms with Crippen LogP contribution < -0.4 is 5.32 Å². The van der Waals surface area contributed by atoms with Gasteiger partial charge < -0.3 is 14.8 Å². The fourth-order valence-electron chi connectivity index (χ4n) is 3.16. The number of halogens is 1. The zero-order chi connectivity index (χ0) is 17.0. The number of aromatic nitrogens is 1. The lowest BCUT2D eigenvalue weighted by Gasteiger charge is -2.23. The SMILES string of the molecule is CCNC(=NCC1(c2ccccc2)CC1)N(C)Cc1cccn1C.I. The minimum Gasteiger partial charge on any atom is -0.357 e. The predicted octanol–water partition coefficient (Wildman–Crippen LogP) is 3.77. The lowest BCUT2D eigenvalue weighted by molar-refractivity contribution is 0.460. The van der Waals surface area contributed by atoms with Crippen LogP contribution in [0.15, 0.2) is 53.7 Å². The van der Waals surface area contributed by atoms with Crippen molar-refractivity contribution in [3.8, 4) is 0 Å². The third-order valence-corrected chi connectivity index (χ3v) is 4.92. The van der Waals surface area contributed by atoms with Crippen molar-refractivity contribution >= 4 is 29.9 Å². The molecule has 0 unspecified atom stereocenters. The summed E-state index contributed by atoms with van der Waals surface area (Å²) in [5.41, 5.74) is 2.97. The zero-order valence-corrected chi connectivity index (χ0v) is 17.7. The largest absolute Gasteiger partial charge is 0.357 e. The summed E-state index contributed by atoms with van der Waals surface area (Å²) in [5, 5.41) is 3.43. The van der Waals surface area contributed by atoms with E-state index in [1.54, 1.807) is 0 Å². The van der Waals surface area contributed by atoms with Gasteiger partial charge in [0.25, 0.3) is 0 Å². The normalized spacial score (nSPS) is 15.4. The summed E-state index contributed by atoms with van der Waals surface area (Å²) >= 11 is 0. The van der Waals surface area contributed by atoms with E-state index in [2.05, 4.69) is 84.5 Å². The Morgan fingerprint density at radius 1 is 1.20 bits per heavy atom. The van der Waals surface area contributed by atoms with Crippen molar-refractivity contribution in [3.05, 3.63) is 59.9 Å². The van der Waals surface area contributed by atoms with E-state index in [0.29, 0.717) is 0 Å². The molecule has 0 spiro atoms. The van der Waals surface area contributed by atoms with Crippen molar-refractivity contribution in [2.24, 2.45) is 12.0 Å². The summed E-state index contributed by atoms with van der Waals surface area (Å²) in [6.07, 6.45) is 4.56. The van der Waals surface area contributed by atoms with E-state index in [1.807, 2.05) is 0 Å². The molecule has 1 aliphatic carbocycles. The molecule has 2 aromatic rings. The molecule has 3 rings (SSSR count). The molecule has 1 N–H and O–H groups in total. The standard InChI is InChI=1S/C20H28N4.HI/c1-4-21-19(24(3)15-18-11-8-14-23(18)2)22-16-20(12-13-20)17-9-6-5-7-10-17;/h5-11,14H,4,12-13,15-16H2,1-3H3,(H,21,22);1H. The number of aryl methyl sites for hydroxylation is 1. The topological polar surface area (TPSA) is 32.6 Å². The molecule has 1 aromatic heterocycles. The number of nitrogens with zero attached hydrogens (tertiary/aromatic N) is 3. The maximum atomic E-state index is 4.96. The molecular formula is C20H29IN4. The lowest BCUT2D eigenvalue weighted by atomic mass is 9.96. The first-order valence-electron chi connectivity index (χ1n) is 8.80. The van der Waals surface area contributed by atoms with Crippen LogP contribution in [0.1, 0.15) is 31.0 Å². The number of hydrogen-bond donors (Lipinski definition) is 1. The number of guanidine groups is 1. The Hall–Kier alpha value is -1.50. The molecule has 25 heavy (non-hydrogen) atoms. The van der Waals surface area contributed by atoms with Gasteiger partial charge in [0.1, 0.15) is 0 Å². The third-order valence-electron chi connectivity index (χ3n) is 4.92. The first-order valence-corrected chi connectivity index (χ1v) is 8.80. The molecule has 0 bridgehead atoms. The molecule has 1 aliphatic rings. The van der Waals surface area contributed by atoms with Gasteiger partial charge in [0.15, 0.2) is 5.96 Å². The Labute approximate surface area is 168 Å². The Bertz CT molecular complexity index is 689. The first kappa shape index (κ1) is 19.8. The number of hydrogen-bond acceptors (Lipinski definition) is 1. The number of aliphatic imine (C=N–C) groups is 1. The van der Waals surface area contributed by atoms with Gasteiger partial charge in [-0.3, -0.25) is 4.99 Å². The van der Waals surface area contributed by atoms with E-state index in [0.717, 1.165) is 25.6 Å². The van der Waals surface area contributed by atoms with E-state index < -0.39 is 0 Å². The van der Waals surface area contributed by atoms with Gasteiger partial charge in [0, 0.05) is 37.9 Å². The van der Waals surface area contributed by atoms with Gasteiger partial charge in [-0.25, -0.2) is 0 Å². The number of rotatable bonds is 6. The highest BCUT2D eigenvalue weighted by Crippen LogP contribution is 2.48. The van der Waals surface area contributed by atoms with Gasteiger partial charge in [0.05, 0.1) is 13.1 Å². The van der Waals surface area contributed by atoms with Crippen LogP contribution >= 0.6 is 24.0 Å². The van der Waals surface area contributed by atoms with E-state index in [-0.39, 0.29) is 29.4 Å². The Balaban J connectivity index is 0.00000225. The van der Waals surface area contributed by atoms with Crippen molar-refractivity contribution in [2.75, 3.05) is 20.1 Å². The Kier molecular flexibility index (Phi) is 6.93. The van der Waals surface area contributed by atoms with Crippen molar-refractivity contribution in [1.29, 1.82) is 0 Å². The molecule has 0 radical (unpaired) electrons. The lowest BCUT2D eigenvalue weighted by Crippen LogP contribution is -2.39. The molecule has 0 amide bonds. The molecule has 0 atom stereocenters. The summed E-state index contributed by atoms with van der Waals surface area (Å²) in [6, 6.07) is 15.1. The highest BCUT2D eigenvalue weighted by Gasteiger charge is 2.44. The number of benzene rings is 1. The zero-order valence-electron chi connectivity index (χ0n) is 15.4. The molecule has 1 aromatic carbocycles. The minimum absolute atomic E-state index is 0. The molecule has 0 saturated heterocycles. The maximum Gasteiger partial charge on any atom is 0.194 e. The van der Waals surface area contributed by atoms with Crippen LogP contribution in [0.3, 0.4) is 0 Å². The average molecular weight is 452 g/mol. The highest BCUT2D eigenvalue weighted by atomic mass is 127. The second-order valence-corrected chi connectivity index (χ2v) is 6.78. The van der Waals surface area contributed by atoms with Crippen molar-refractivity contribution in [2.45, 2.75) is 31.7 Å². The highest BCUT2D eigenvalue weighted by molar-refractivity contribution is 14.0. The van der Waals surface area contributed by atoms with Crippen molar-refractivity contribution in [3.63, 3.8) is 0 Å². The predicted molar refractivity (Wildman–Crippen MR) is 116 cm³/mol. The molecule has 1 heterocycles. The van der Waals surface area contributed by atoms with E-state index in [1.165, 1.54) is 24.1 Å². The van der Waals surface area contributed by atoms with Gasteiger partial charge >= 0.3 is 0 Å². The second-order valence-electron chi connectivity index (χ2n) is 6.78. The number of nitrogens with one attached hydrogen (secondary N) is 1. The van der Waals surface area contributed by atoms with Gasteiger partial charge in [-0.05, 0) is 37.5 Å². The minimum atomic E-state index is 0. The van der Waals surface area contributed by atoms with Gasteiger partial charge in [0.2, 0.25) is 0 Å². The quantitative estimate of drug-likeness (QED) is 0.411. The molecule has 5 heteroatoms. The van der Waals surface area contributed by atoms with Gasteiger partial charge in [-0.2, -0.15) is 0 Å². The summed E-state index contributed by atoms with van der Waals surface area (Å²) in [7, 11) is 4.19. The van der Waals surface area contributed by atoms with Crippen LogP contribution in [0.2, 0.25) is 0 Å². The fraction of sp³-hybridized carbons (Fsp3) is 0.450. The summed E-state index contributed by atoms with van der Waals surface area (Å²) in [6.45, 7) is 4.72. The van der Waals surface area contributed by atoms with E-state index in [4.69, 9.17) is 4.99 Å². The van der Waals surface area contributed by atoms with Crippen LogP contribution in [0, 0.1) is 0 Å². The van der Waals surface area contributed by atoms with E-state index >= 15 is 0 Å². The fourth-order valence-corrected chi connectivity index (χ4v) is 3.16. The van der Waals surface area contributed by atoms with Crippen molar-refractivity contribution < 1.29 is 0 Å². The van der Waals surface area contributed by atoms with Crippen LogP contribution in [0.25, 0.3) is 0 Å². The summed E-state index contributed by atoms with van der Waals surface area (Å²) < 4.78 is 2.16. The molecule has 136 valence electrons. The Morgan fingerprint density at radius 3 is 2.48 bits per heavy atom. The Morgan fingerprint density at radius 2 is 1.92 bits per heavy atom.